The Kier molecular flexibility index (Phi) is 4.64. The highest BCUT2D eigenvalue weighted by molar-refractivity contribution is 7.18. The Morgan fingerprint density at radius 3 is 2.65 bits per heavy atom. The third-order valence-corrected chi connectivity index (χ3v) is 6.16. The number of aromatic nitrogens is 3. The third kappa shape index (κ3) is 4.11. The number of carbonyl (C=O) groups excluding carboxylic acids is 1. The molecule has 0 aliphatic heterocycles. The lowest BCUT2D eigenvalue weighted by Crippen LogP contribution is -2.36. The standard InChI is InChI=1S/C22H18N6O2S/c23-12-22(7-8-22)26-18(29)10-19-27-28-20(30-19)11-21-25-16-6-3-14(9-17(16)31-21)13-1-4-15(24)5-2-13/h1-6,9H,7-8,10-11,24H2,(H,26,29). The summed E-state index contributed by atoms with van der Waals surface area (Å²) >= 11 is 1.57. The summed E-state index contributed by atoms with van der Waals surface area (Å²) in [5.41, 5.74) is 8.90. The van der Waals surface area contributed by atoms with Crippen molar-refractivity contribution in [2.45, 2.75) is 31.2 Å². The summed E-state index contributed by atoms with van der Waals surface area (Å²) in [4.78, 5) is 16.7. The zero-order chi connectivity index (χ0) is 21.4. The van der Waals surface area contributed by atoms with Crippen molar-refractivity contribution < 1.29 is 9.21 Å². The molecule has 1 fully saturated rings. The van der Waals surface area contributed by atoms with Crippen molar-refractivity contribution >= 4 is 33.1 Å². The van der Waals surface area contributed by atoms with Crippen LogP contribution in [-0.4, -0.2) is 26.6 Å². The van der Waals surface area contributed by atoms with Crippen LogP contribution in [0.3, 0.4) is 0 Å². The Morgan fingerprint density at radius 2 is 1.90 bits per heavy atom. The fourth-order valence-corrected chi connectivity index (χ4v) is 4.30. The van der Waals surface area contributed by atoms with E-state index in [9.17, 15) is 4.79 Å². The number of nitrogens with one attached hydrogen (secondary N) is 1. The van der Waals surface area contributed by atoms with E-state index < -0.39 is 5.54 Å². The number of thiazole rings is 1. The Hall–Kier alpha value is -3.77. The van der Waals surface area contributed by atoms with Crippen LogP contribution in [0.25, 0.3) is 21.3 Å². The molecule has 0 atom stereocenters. The highest BCUT2D eigenvalue weighted by Crippen LogP contribution is 2.34. The van der Waals surface area contributed by atoms with E-state index in [1.807, 2.05) is 36.4 Å². The molecule has 2 heterocycles. The van der Waals surface area contributed by atoms with Crippen molar-refractivity contribution in [3.63, 3.8) is 0 Å². The maximum atomic E-state index is 12.1. The molecule has 0 radical (unpaired) electrons. The van der Waals surface area contributed by atoms with Crippen LogP contribution in [0, 0.1) is 11.3 Å². The first-order valence-corrected chi connectivity index (χ1v) is 10.6. The van der Waals surface area contributed by atoms with Crippen molar-refractivity contribution in [2.75, 3.05) is 5.73 Å². The lowest BCUT2D eigenvalue weighted by Gasteiger charge is -2.06. The SMILES string of the molecule is N#CC1(NC(=O)Cc2nnc(Cc3nc4ccc(-c5ccc(N)cc5)cc4s3)o2)CC1. The lowest BCUT2D eigenvalue weighted by atomic mass is 10.1. The molecule has 31 heavy (non-hydrogen) atoms. The molecular formula is C22H18N6O2S. The number of hydrogen-bond donors (Lipinski definition) is 2. The number of hydrogen-bond acceptors (Lipinski definition) is 8. The van der Waals surface area contributed by atoms with Gasteiger partial charge >= 0.3 is 0 Å². The van der Waals surface area contributed by atoms with Crippen LogP contribution in [0.1, 0.15) is 29.6 Å². The smallest absolute Gasteiger partial charge is 0.230 e. The van der Waals surface area contributed by atoms with Crippen LogP contribution >= 0.6 is 11.3 Å². The Morgan fingerprint density at radius 1 is 1.16 bits per heavy atom. The minimum atomic E-state index is -0.702. The van der Waals surface area contributed by atoms with Crippen molar-refractivity contribution in [1.82, 2.24) is 20.5 Å². The maximum Gasteiger partial charge on any atom is 0.230 e. The van der Waals surface area contributed by atoms with Crippen molar-refractivity contribution in [3.05, 3.63) is 59.3 Å². The quantitative estimate of drug-likeness (QED) is 0.449. The molecule has 0 saturated heterocycles. The molecule has 5 rings (SSSR count). The average molecular weight is 430 g/mol. The molecule has 0 unspecified atom stereocenters. The van der Waals surface area contributed by atoms with Crippen LogP contribution in [-0.2, 0) is 17.6 Å². The molecule has 3 N–H and O–H groups in total. The van der Waals surface area contributed by atoms with E-state index >= 15 is 0 Å². The van der Waals surface area contributed by atoms with Crippen molar-refractivity contribution in [1.29, 1.82) is 5.26 Å². The minimum Gasteiger partial charge on any atom is -0.424 e. The van der Waals surface area contributed by atoms with E-state index in [-0.39, 0.29) is 18.2 Å². The molecule has 8 nitrogen and oxygen atoms in total. The fraction of sp³-hybridized carbons (Fsp3) is 0.227. The molecule has 1 aliphatic carbocycles. The number of carbonyl (C=O) groups is 1. The molecule has 1 saturated carbocycles. The number of nitrogens with zero attached hydrogens (tertiary/aromatic N) is 4. The van der Waals surface area contributed by atoms with Crippen molar-refractivity contribution in [2.24, 2.45) is 0 Å². The van der Waals surface area contributed by atoms with E-state index in [1.165, 1.54) is 0 Å². The number of amides is 1. The Labute approximate surface area is 181 Å². The predicted molar refractivity (Wildman–Crippen MR) is 116 cm³/mol. The van der Waals surface area contributed by atoms with Gasteiger partial charge in [0.2, 0.25) is 17.7 Å². The first kappa shape index (κ1) is 19.2. The second-order valence-corrected chi connectivity index (χ2v) is 8.71. The van der Waals surface area contributed by atoms with Gasteiger partial charge in [0.1, 0.15) is 17.0 Å². The molecule has 1 amide bonds. The molecule has 4 aromatic rings. The maximum absolute atomic E-state index is 12.1. The largest absolute Gasteiger partial charge is 0.424 e. The van der Waals surface area contributed by atoms with Crippen LogP contribution in [0.15, 0.2) is 46.9 Å². The summed E-state index contributed by atoms with van der Waals surface area (Å²) < 4.78 is 6.68. The van der Waals surface area contributed by atoms with E-state index in [4.69, 9.17) is 15.4 Å². The van der Waals surface area contributed by atoms with Gasteiger partial charge in [-0.05, 0) is 48.2 Å². The highest BCUT2D eigenvalue weighted by atomic mass is 32.1. The Bertz CT molecular complexity index is 1310. The molecule has 1 aliphatic rings. The molecular weight excluding hydrogens is 412 g/mol. The van der Waals surface area contributed by atoms with Crippen LogP contribution in [0.5, 0.6) is 0 Å². The van der Waals surface area contributed by atoms with Gasteiger partial charge in [-0.2, -0.15) is 5.26 Å². The second-order valence-electron chi connectivity index (χ2n) is 7.60. The summed E-state index contributed by atoms with van der Waals surface area (Å²) in [7, 11) is 0. The number of anilines is 1. The Balaban J connectivity index is 1.28. The number of fused-ring (bicyclic) bond motifs is 1. The number of nitrogens with two attached hydrogens (primary N) is 1. The van der Waals surface area contributed by atoms with E-state index in [2.05, 4.69) is 32.6 Å². The zero-order valence-corrected chi connectivity index (χ0v) is 17.3. The number of nitrogen functional groups attached to an aromatic ring is 1. The summed E-state index contributed by atoms with van der Waals surface area (Å²) in [5, 5.41) is 20.6. The van der Waals surface area contributed by atoms with Crippen LogP contribution in [0.4, 0.5) is 5.69 Å². The van der Waals surface area contributed by atoms with Crippen LogP contribution < -0.4 is 11.1 Å². The van der Waals surface area contributed by atoms with Gasteiger partial charge in [-0.1, -0.05) is 18.2 Å². The molecule has 2 aromatic heterocycles. The number of benzene rings is 2. The second kappa shape index (κ2) is 7.49. The number of rotatable bonds is 6. The van der Waals surface area contributed by atoms with Gasteiger partial charge in [0.25, 0.3) is 0 Å². The fourth-order valence-electron chi connectivity index (χ4n) is 3.30. The van der Waals surface area contributed by atoms with Gasteiger partial charge in [-0.15, -0.1) is 21.5 Å². The van der Waals surface area contributed by atoms with Gasteiger partial charge in [0.05, 0.1) is 22.7 Å². The van der Waals surface area contributed by atoms with Gasteiger partial charge < -0.3 is 15.5 Å². The summed E-state index contributed by atoms with van der Waals surface area (Å²) in [5.74, 6) is 0.347. The summed E-state index contributed by atoms with van der Waals surface area (Å²) in [6.07, 6.45) is 1.72. The lowest BCUT2D eigenvalue weighted by molar-refractivity contribution is -0.121. The van der Waals surface area contributed by atoms with Gasteiger partial charge in [0.15, 0.2) is 0 Å². The zero-order valence-electron chi connectivity index (χ0n) is 16.5. The van der Waals surface area contributed by atoms with Gasteiger partial charge in [-0.25, -0.2) is 4.98 Å². The van der Waals surface area contributed by atoms with E-state index in [0.717, 1.165) is 32.0 Å². The van der Waals surface area contributed by atoms with E-state index in [0.29, 0.717) is 25.2 Å². The van der Waals surface area contributed by atoms with Gasteiger partial charge in [-0.3, -0.25) is 4.79 Å². The highest BCUT2D eigenvalue weighted by Gasteiger charge is 2.44. The first-order valence-electron chi connectivity index (χ1n) is 9.81. The van der Waals surface area contributed by atoms with E-state index in [1.54, 1.807) is 11.3 Å². The molecule has 2 aromatic carbocycles. The first-order chi connectivity index (χ1) is 15.0. The summed E-state index contributed by atoms with van der Waals surface area (Å²) in [6, 6.07) is 16.0. The third-order valence-electron chi connectivity index (χ3n) is 5.14. The topological polar surface area (TPSA) is 131 Å². The monoisotopic (exact) mass is 430 g/mol. The van der Waals surface area contributed by atoms with Crippen molar-refractivity contribution in [3.8, 4) is 17.2 Å². The normalized spacial score (nSPS) is 14.3. The minimum absolute atomic E-state index is 0.0405. The van der Waals surface area contributed by atoms with Crippen LogP contribution in [0.2, 0.25) is 0 Å². The molecule has 154 valence electrons. The molecule has 0 bridgehead atoms. The molecule has 0 spiro atoms. The summed E-state index contributed by atoms with van der Waals surface area (Å²) in [6.45, 7) is 0. The van der Waals surface area contributed by atoms with Gasteiger partial charge in [0, 0.05) is 5.69 Å². The number of nitriles is 1. The molecule has 9 heteroatoms. The average Bonchev–Trinajstić information content (AvgIpc) is 3.20. The predicted octanol–water partition coefficient (Wildman–Crippen LogP) is 3.23.